The number of fused-ring (bicyclic) bond motifs is 1. The van der Waals surface area contributed by atoms with Crippen LogP contribution in [0, 0.1) is 22.5 Å². The molecule has 1 aliphatic rings. The molecule has 0 atom stereocenters. The smallest absolute Gasteiger partial charge is 0.345 e. The van der Waals surface area contributed by atoms with Gasteiger partial charge in [0.1, 0.15) is 12.0 Å². The molecule has 0 saturated heterocycles. The van der Waals surface area contributed by atoms with Crippen molar-refractivity contribution in [3.05, 3.63) is 39.0 Å². The molecule has 132 valence electrons. The Kier molecular flexibility index (Phi) is 4.07. The number of carbonyl (C=O) groups excluding carboxylic acids is 1. The number of furan rings is 1. The zero-order chi connectivity index (χ0) is 18.4. The number of nitrogens with one attached hydrogen (secondary N) is 1. The number of rotatable bonds is 3. The van der Waals surface area contributed by atoms with Gasteiger partial charge in [-0.05, 0) is 30.1 Å². The molecule has 2 N–H and O–H groups in total. The van der Waals surface area contributed by atoms with E-state index >= 15 is 0 Å². The highest BCUT2D eigenvalue weighted by Crippen LogP contribution is 2.39. The lowest BCUT2D eigenvalue weighted by atomic mass is 9.75. The van der Waals surface area contributed by atoms with Crippen molar-refractivity contribution >= 4 is 33.1 Å². The number of aromatic nitrogens is 1. The van der Waals surface area contributed by atoms with Gasteiger partial charge in [0.05, 0.1) is 10.6 Å². The van der Waals surface area contributed by atoms with E-state index in [-0.39, 0.29) is 21.3 Å². The Morgan fingerprint density at radius 3 is 2.84 bits per heavy atom. The Balaban J connectivity index is 1.92. The minimum absolute atomic E-state index is 0.0849. The van der Waals surface area contributed by atoms with Crippen LogP contribution in [0.3, 0.4) is 0 Å². The maximum atomic E-state index is 12.5. The van der Waals surface area contributed by atoms with E-state index in [4.69, 9.17) is 4.42 Å². The lowest BCUT2D eigenvalue weighted by Gasteiger charge is -2.28. The molecule has 2 heterocycles. The van der Waals surface area contributed by atoms with E-state index in [2.05, 4.69) is 15.5 Å². The van der Waals surface area contributed by atoms with Crippen LogP contribution in [-0.4, -0.2) is 26.7 Å². The van der Waals surface area contributed by atoms with Crippen LogP contribution in [0.4, 0.5) is 10.1 Å². The number of thiazole rings is 1. The molecule has 25 heavy (non-hydrogen) atoms. The van der Waals surface area contributed by atoms with E-state index in [1.54, 1.807) is 6.92 Å². The molecule has 0 aromatic carbocycles. The van der Waals surface area contributed by atoms with Crippen LogP contribution < -0.4 is 5.32 Å². The van der Waals surface area contributed by atoms with Crippen LogP contribution in [0.5, 0.6) is 0 Å². The average molecular weight is 364 g/mol. The van der Waals surface area contributed by atoms with Crippen LogP contribution in [-0.2, 0) is 6.42 Å². The van der Waals surface area contributed by atoms with E-state index in [1.807, 2.05) is 13.8 Å². The van der Waals surface area contributed by atoms with Gasteiger partial charge in [0.25, 0.3) is 5.91 Å². The number of hydrogen-bond acceptors (Lipinski definition) is 8. The van der Waals surface area contributed by atoms with Gasteiger partial charge in [-0.3, -0.25) is 20.2 Å². The molecule has 2 aromatic rings. The van der Waals surface area contributed by atoms with Crippen molar-refractivity contribution in [2.45, 2.75) is 33.6 Å². The number of carbonyl (C=O) groups is 1. The van der Waals surface area contributed by atoms with Gasteiger partial charge in [0.15, 0.2) is 10.9 Å². The second-order valence-corrected chi connectivity index (χ2v) is 7.64. The van der Waals surface area contributed by atoms with Crippen LogP contribution in [0.1, 0.15) is 47.7 Å². The molecular weight excluding hydrogens is 348 g/mol. The Hall–Kier alpha value is -2.75. The summed E-state index contributed by atoms with van der Waals surface area (Å²) in [6, 6.07) is 0. The van der Waals surface area contributed by atoms with Crippen molar-refractivity contribution in [1.29, 1.82) is 0 Å². The lowest BCUT2D eigenvalue weighted by Crippen LogP contribution is -2.27. The van der Waals surface area contributed by atoms with Crippen molar-refractivity contribution in [1.82, 2.24) is 4.98 Å². The summed E-state index contributed by atoms with van der Waals surface area (Å²) >= 11 is 0.762. The van der Waals surface area contributed by atoms with Gasteiger partial charge in [-0.25, -0.2) is 4.98 Å². The Bertz CT molecular complexity index is 896. The first-order valence-corrected chi connectivity index (χ1v) is 8.28. The molecule has 0 radical (unpaired) electrons. The summed E-state index contributed by atoms with van der Waals surface area (Å²) in [5.41, 5.74) is 1.55. The van der Waals surface area contributed by atoms with Gasteiger partial charge < -0.3 is 9.62 Å². The van der Waals surface area contributed by atoms with Crippen molar-refractivity contribution in [2.75, 3.05) is 5.32 Å². The lowest BCUT2D eigenvalue weighted by molar-refractivity contribution is -0.380. The second kappa shape index (κ2) is 5.96. The van der Waals surface area contributed by atoms with Gasteiger partial charge in [-0.1, -0.05) is 19.0 Å². The molecular formula is C15H16N4O5S. The number of nitro groups is 1. The molecule has 10 heteroatoms. The van der Waals surface area contributed by atoms with Crippen LogP contribution in [0.25, 0.3) is 0 Å². The first-order chi connectivity index (χ1) is 11.7. The largest absolute Gasteiger partial charge is 0.455 e. The van der Waals surface area contributed by atoms with E-state index < -0.39 is 10.8 Å². The zero-order valence-electron chi connectivity index (χ0n) is 13.8. The Morgan fingerprint density at radius 1 is 1.52 bits per heavy atom. The third-order valence-corrected chi connectivity index (χ3v) is 4.88. The highest BCUT2D eigenvalue weighted by atomic mass is 32.1. The standard InChI is InChI=1S/C15H16N4O5S/c1-7-11-8(18-21)4-15(2,3)5-9(11)24-12(7)13(20)17-14-16-6-10(25-14)19(22)23/h6,21H,4-5H2,1-3H3,(H,16,17,20)/b18-8-. The molecule has 0 saturated carbocycles. The van der Waals surface area contributed by atoms with Crippen LogP contribution >= 0.6 is 11.3 Å². The van der Waals surface area contributed by atoms with Gasteiger partial charge in [-0.15, -0.1) is 0 Å². The van der Waals surface area contributed by atoms with E-state index in [9.17, 15) is 20.1 Å². The molecule has 0 unspecified atom stereocenters. The molecule has 0 aliphatic heterocycles. The topological polar surface area (TPSA) is 131 Å². The molecule has 3 rings (SSSR count). The molecule has 1 amide bonds. The molecule has 2 aromatic heterocycles. The zero-order valence-corrected chi connectivity index (χ0v) is 14.6. The second-order valence-electron chi connectivity index (χ2n) is 6.63. The van der Waals surface area contributed by atoms with E-state index in [0.717, 1.165) is 17.5 Å². The maximum absolute atomic E-state index is 12.5. The molecule has 0 spiro atoms. The predicted molar refractivity (Wildman–Crippen MR) is 90.6 cm³/mol. The van der Waals surface area contributed by atoms with Gasteiger partial charge >= 0.3 is 5.00 Å². The van der Waals surface area contributed by atoms with Crippen LogP contribution in [0.15, 0.2) is 15.8 Å². The highest BCUT2D eigenvalue weighted by Gasteiger charge is 2.36. The Labute approximate surface area is 146 Å². The fourth-order valence-corrected chi connectivity index (χ4v) is 3.60. The van der Waals surface area contributed by atoms with Gasteiger partial charge in [0.2, 0.25) is 0 Å². The van der Waals surface area contributed by atoms with Crippen molar-refractivity contribution in [2.24, 2.45) is 10.6 Å². The van der Waals surface area contributed by atoms with E-state index in [1.165, 1.54) is 0 Å². The van der Waals surface area contributed by atoms with Gasteiger partial charge in [-0.2, -0.15) is 0 Å². The normalized spacial score (nSPS) is 17.3. The number of hydrogen-bond donors (Lipinski definition) is 2. The maximum Gasteiger partial charge on any atom is 0.345 e. The first kappa shape index (κ1) is 17.1. The third kappa shape index (κ3) is 3.12. The van der Waals surface area contributed by atoms with Gasteiger partial charge in [0, 0.05) is 17.5 Å². The summed E-state index contributed by atoms with van der Waals surface area (Å²) in [4.78, 5) is 26.4. The molecule has 0 bridgehead atoms. The number of anilines is 1. The van der Waals surface area contributed by atoms with Crippen molar-refractivity contribution in [3.63, 3.8) is 0 Å². The fraction of sp³-hybridized carbons (Fsp3) is 0.400. The minimum atomic E-state index is -0.573. The van der Waals surface area contributed by atoms with Crippen molar-refractivity contribution < 1.29 is 19.3 Å². The predicted octanol–water partition coefficient (Wildman–Crippen LogP) is 3.36. The van der Waals surface area contributed by atoms with Crippen molar-refractivity contribution in [3.8, 4) is 0 Å². The van der Waals surface area contributed by atoms with Crippen LogP contribution in [0.2, 0.25) is 0 Å². The number of amides is 1. The summed E-state index contributed by atoms with van der Waals surface area (Å²) in [5, 5.41) is 25.8. The minimum Gasteiger partial charge on any atom is -0.455 e. The SMILES string of the molecule is Cc1c(C(=O)Nc2ncc([N+](=O)[O-])s2)oc2c1/C(=N\O)CC(C)(C)C2. The summed E-state index contributed by atoms with van der Waals surface area (Å²) in [6.07, 6.45) is 2.26. The summed E-state index contributed by atoms with van der Waals surface area (Å²) < 4.78 is 5.73. The highest BCUT2D eigenvalue weighted by molar-refractivity contribution is 7.18. The molecule has 0 fully saturated rings. The Morgan fingerprint density at radius 2 is 2.24 bits per heavy atom. The average Bonchev–Trinajstić information content (AvgIpc) is 3.10. The van der Waals surface area contributed by atoms with E-state index in [0.29, 0.717) is 35.4 Å². The number of oxime groups is 1. The monoisotopic (exact) mass is 364 g/mol. The summed E-state index contributed by atoms with van der Waals surface area (Å²) in [6.45, 7) is 5.76. The third-order valence-electron chi connectivity index (χ3n) is 4.01. The summed E-state index contributed by atoms with van der Waals surface area (Å²) in [7, 11) is 0. The molecule has 9 nitrogen and oxygen atoms in total. The first-order valence-electron chi connectivity index (χ1n) is 7.47. The quantitative estimate of drug-likeness (QED) is 0.488. The number of nitrogens with zero attached hydrogens (tertiary/aromatic N) is 3. The summed E-state index contributed by atoms with van der Waals surface area (Å²) in [5.74, 6) is 0.129. The molecule has 1 aliphatic carbocycles. The fourth-order valence-electron chi connectivity index (χ4n) is 2.98.